The highest BCUT2D eigenvalue weighted by atomic mass is 16.5. The summed E-state index contributed by atoms with van der Waals surface area (Å²) < 4.78 is 10.8. The smallest absolute Gasteiger partial charge is 0.346 e. The van der Waals surface area contributed by atoms with E-state index in [9.17, 15) is 9.59 Å². The van der Waals surface area contributed by atoms with Gasteiger partial charge >= 0.3 is 5.97 Å². The number of ether oxygens (including phenoxy) is 1. The van der Waals surface area contributed by atoms with Gasteiger partial charge < -0.3 is 9.15 Å². The van der Waals surface area contributed by atoms with Crippen LogP contribution >= 0.6 is 0 Å². The van der Waals surface area contributed by atoms with Crippen molar-refractivity contribution in [2.75, 3.05) is 0 Å². The monoisotopic (exact) mass is 320 g/mol. The predicted molar refractivity (Wildman–Crippen MR) is 89.9 cm³/mol. The van der Waals surface area contributed by atoms with Gasteiger partial charge in [0.05, 0.1) is 6.26 Å². The summed E-state index contributed by atoms with van der Waals surface area (Å²) in [6.45, 7) is 1.57. The van der Waals surface area contributed by atoms with Crippen LogP contribution in [0.15, 0.2) is 82.2 Å². The molecular weight excluding hydrogens is 304 g/mol. The van der Waals surface area contributed by atoms with E-state index in [0.29, 0.717) is 0 Å². The minimum atomic E-state index is -0.695. The lowest BCUT2D eigenvalue weighted by Crippen LogP contribution is -2.21. The third-order valence-electron chi connectivity index (χ3n) is 3.70. The molecule has 0 aliphatic carbocycles. The maximum Gasteiger partial charge on any atom is 0.346 e. The molecule has 0 radical (unpaired) electrons. The molecule has 120 valence electrons. The average Bonchev–Trinajstić information content (AvgIpc) is 2.61. The van der Waals surface area contributed by atoms with Gasteiger partial charge in [0.1, 0.15) is 11.3 Å². The molecule has 2 aromatic carbocycles. The Morgan fingerprint density at radius 1 is 0.917 bits per heavy atom. The highest BCUT2D eigenvalue weighted by molar-refractivity contribution is 5.90. The van der Waals surface area contributed by atoms with Crippen LogP contribution in [0.3, 0.4) is 0 Å². The lowest BCUT2D eigenvalue weighted by molar-refractivity contribution is 0.0372. The first-order chi connectivity index (χ1) is 11.7. The largest absolute Gasteiger partial charge is 0.468 e. The Balaban J connectivity index is 1.99. The van der Waals surface area contributed by atoms with Crippen molar-refractivity contribution in [1.82, 2.24) is 0 Å². The number of carbonyl (C=O) groups is 1. The third kappa shape index (κ3) is 3.27. The molecule has 1 heterocycles. The van der Waals surface area contributed by atoms with Gasteiger partial charge in [0.2, 0.25) is 0 Å². The summed E-state index contributed by atoms with van der Waals surface area (Å²) >= 11 is 0. The van der Waals surface area contributed by atoms with Crippen LogP contribution in [0, 0.1) is 6.92 Å². The number of hydrogen-bond acceptors (Lipinski definition) is 4. The highest BCUT2D eigenvalue weighted by Gasteiger charge is 2.23. The van der Waals surface area contributed by atoms with E-state index >= 15 is 0 Å². The molecule has 3 rings (SSSR count). The van der Waals surface area contributed by atoms with Crippen molar-refractivity contribution in [1.29, 1.82) is 0 Å². The summed E-state index contributed by atoms with van der Waals surface area (Å²) in [6, 6.07) is 20.0. The second-order valence-electron chi connectivity index (χ2n) is 5.32. The van der Waals surface area contributed by atoms with Gasteiger partial charge in [-0.2, -0.15) is 0 Å². The van der Waals surface area contributed by atoms with E-state index < -0.39 is 17.5 Å². The predicted octanol–water partition coefficient (Wildman–Crippen LogP) is 3.89. The standard InChI is InChI=1S/C20H16O4/c1-14-18(17(21)12-13-23-14)20(22)24-19(15-8-4-2-5-9-15)16-10-6-3-7-11-16/h2-13,19H,1H3. The van der Waals surface area contributed by atoms with Crippen LogP contribution in [-0.2, 0) is 4.74 Å². The quantitative estimate of drug-likeness (QED) is 0.684. The van der Waals surface area contributed by atoms with Crippen LogP contribution in [-0.4, -0.2) is 5.97 Å². The molecule has 4 heteroatoms. The lowest BCUT2D eigenvalue weighted by atomic mass is 10.0. The molecule has 0 unspecified atom stereocenters. The van der Waals surface area contributed by atoms with Gasteiger partial charge in [-0.3, -0.25) is 4.79 Å². The van der Waals surface area contributed by atoms with Gasteiger partial charge in [-0.25, -0.2) is 4.79 Å². The highest BCUT2D eigenvalue weighted by Crippen LogP contribution is 2.27. The Morgan fingerprint density at radius 3 is 1.96 bits per heavy atom. The van der Waals surface area contributed by atoms with Crippen LogP contribution in [0.5, 0.6) is 0 Å². The van der Waals surface area contributed by atoms with E-state index in [0.717, 1.165) is 11.1 Å². The topological polar surface area (TPSA) is 56.5 Å². The Labute approximate surface area is 139 Å². The molecule has 0 saturated carbocycles. The fraction of sp³-hybridized carbons (Fsp3) is 0.100. The molecule has 0 bridgehead atoms. The van der Waals surface area contributed by atoms with Gasteiger partial charge in [0, 0.05) is 6.07 Å². The second kappa shape index (κ2) is 6.96. The first-order valence-corrected chi connectivity index (χ1v) is 7.56. The number of aryl methyl sites for hydroxylation is 1. The van der Waals surface area contributed by atoms with Crippen molar-refractivity contribution in [2.24, 2.45) is 0 Å². The van der Waals surface area contributed by atoms with Crippen LogP contribution in [0.1, 0.15) is 33.3 Å². The summed E-state index contributed by atoms with van der Waals surface area (Å²) in [4.78, 5) is 24.5. The molecule has 0 aliphatic heterocycles. The first kappa shape index (κ1) is 15.7. The molecule has 24 heavy (non-hydrogen) atoms. The minimum Gasteiger partial charge on any atom is -0.468 e. The third-order valence-corrected chi connectivity index (χ3v) is 3.70. The fourth-order valence-corrected chi connectivity index (χ4v) is 2.51. The van der Waals surface area contributed by atoms with Gasteiger partial charge in [-0.1, -0.05) is 60.7 Å². The Kier molecular flexibility index (Phi) is 4.57. The summed E-state index contributed by atoms with van der Waals surface area (Å²) in [5, 5.41) is 0. The van der Waals surface area contributed by atoms with E-state index in [1.54, 1.807) is 6.92 Å². The van der Waals surface area contributed by atoms with Crippen molar-refractivity contribution in [2.45, 2.75) is 13.0 Å². The van der Waals surface area contributed by atoms with Crippen LogP contribution in [0.4, 0.5) is 0 Å². The van der Waals surface area contributed by atoms with Crippen molar-refractivity contribution >= 4 is 5.97 Å². The lowest BCUT2D eigenvalue weighted by Gasteiger charge is -2.19. The molecule has 4 nitrogen and oxygen atoms in total. The number of esters is 1. The molecule has 0 saturated heterocycles. The zero-order valence-corrected chi connectivity index (χ0v) is 13.1. The average molecular weight is 320 g/mol. The number of carbonyl (C=O) groups excluding carboxylic acids is 1. The van der Waals surface area contributed by atoms with Gasteiger partial charge in [0.15, 0.2) is 11.5 Å². The molecule has 0 amide bonds. The summed E-state index contributed by atoms with van der Waals surface area (Å²) in [6.07, 6.45) is 0.666. The Bertz CT molecular complexity index is 843. The van der Waals surface area contributed by atoms with Crippen LogP contribution in [0.25, 0.3) is 0 Å². The van der Waals surface area contributed by atoms with Crippen molar-refractivity contribution in [3.05, 3.63) is 106 Å². The summed E-state index contributed by atoms with van der Waals surface area (Å²) in [7, 11) is 0. The fourth-order valence-electron chi connectivity index (χ4n) is 2.51. The van der Waals surface area contributed by atoms with Gasteiger partial charge in [-0.15, -0.1) is 0 Å². The van der Waals surface area contributed by atoms with E-state index in [1.807, 2.05) is 60.7 Å². The normalized spacial score (nSPS) is 10.6. The summed E-state index contributed by atoms with van der Waals surface area (Å²) in [5.74, 6) is -0.452. The van der Waals surface area contributed by atoms with Crippen molar-refractivity contribution < 1.29 is 13.9 Å². The molecule has 3 aromatic rings. The molecular formula is C20H16O4. The molecule has 0 N–H and O–H groups in total. The maximum atomic E-state index is 12.6. The first-order valence-electron chi connectivity index (χ1n) is 7.56. The van der Waals surface area contributed by atoms with E-state index in [4.69, 9.17) is 9.15 Å². The van der Waals surface area contributed by atoms with E-state index in [2.05, 4.69) is 0 Å². The van der Waals surface area contributed by atoms with Gasteiger partial charge in [0.25, 0.3) is 0 Å². The SMILES string of the molecule is Cc1occc(=O)c1C(=O)OC(c1ccccc1)c1ccccc1. The van der Waals surface area contributed by atoms with Crippen LogP contribution in [0.2, 0.25) is 0 Å². The molecule has 0 aliphatic rings. The Morgan fingerprint density at radius 2 is 1.46 bits per heavy atom. The Hall–Kier alpha value is -3.14. The maximum absolute atomic E-state index is 12.6. The number of rotatable bonds is 4. The second-order valence-corrected chi connectivity index (χ2v) is 5.32. The molecule has 1 aromatic heterocycles. The zero-order chi connectivity index (χ0) is 16.9. The molecule has 0 spiro atoms. The number of benzene rings is 2. The molecule has 0 atom stereocenters. The van der Waals surface area contributed by atoms with Crippen LogP contribution < -0.4 is 5.43 Å². The van der Waals surface area contributed by atoms with E-state index in [-0.39, 0.29) is 11.3 Å². The van der Waals surface area contributed by atoms with Gasteiger partial charge in [-0.05, 0) is 18.1 Å². The minimum absolute atomic E-state index is 0.0747. The molecule has 0 fully saturated rings. The van der Waals surface area contributed by atoms with E-state index in [1.165, 1.54) is 12.3 Å². The van der Waals surface area contributed by atoms with Crippen molar-refractivity contribution in [3.8, 4) is 0 Å². The number of hydrogen-bond donors (Lipinski definition) is 0. The van der Waals surface area contributed by atoms with Crippen molar-refractivity contribution in [3.63, 3.8) is 0 Å². The zero-order valence-electron chi connectivity index (χ0n) is 13.1. The summed E-state index contributed by atoms with van der Waals surface area (Å²) in [5.41, 5.74) is 1.17.